The monoisotopic (exact) mass is 340 g/mol. The minimum absolute atomic E-state index is 0.135. The molecule has 0 amide bonds. The van der Waals surface area contributed by atoms with Gasteiger partial charge in [-0.25, -0.2) is 9.59 Å². The molecule has 0 aliphatic carbocycles. The lowest BCUT2D eigenvalue weighted by molar-refractivity contribution is -0.306. The van der Waals surface area contributed by atoms with Gasteiger partial charge in [0.15, 0.2) is 6.10 Å². The van der Waals surface area contributed by atoms with Crippen LogP contribution in [0.1, 0.15) is 12.0 Å². The molecule has 1 aliphatic heterocycles. The fraction of sp³-hybridized carbons (Fsp3) is 0.500. The van der Waals surface area contributed by atoms with Crippen molar-refractivity contribution in [3.05, 3.63) is 35.9 Å². The zero-order valence-corrected chi connectivity index (χ0v) is 13.4. The number of hydrogen-bond acceptors (Lipinski definition) is 7. The number of methoxy groups -OCH3 is 2. The molecule has 4 atom stereocenters. The number of carboxylic acid groups (broad SMARTS) is 1. The minimum Gasteiger partial charge on any atom is -0.479 e. The summed E-state index contributed by atoms with van der Waals surface area (Å²) in [6.45, 7) is 0.135. The average Bonchev–Trinajstić information content (AvgIpc) is 2.61. The van der Waals surface area contributed by atoms with Crippen LogP contribution in [0.4, 0.5) is 0 Å². The predicted molar refractivity (Wildman–Crippen MR) is 79.9 cm³/mol. The second-order valence-electron chi connectivity index (χ2n) is 5.36. The Morgan fingerprint density at radius 1 is 1.29 bits per heavy atom. The standard InChI is InChI=1S/C16H20O8/c1-21-15(20)16(22-2)8-11(12(17)13(24-16)14(18)19)23-9-10-6-4-3-5-7-10/h3-7,11-13,17H,8-9H2,1-2H3,(H,18,19)/t11-,12-,13+,16-/m1/s1. The number of benzene rings is 1. The summed E-state index contributed by atoms with van der Waals surface area (Å²) < 4.78 is 20.6. The van der Waals surface area contributed by atoms with E-state index in [-0.39, 0.29) is 13.0 Å². The van der Waals surface area contributed by atoms with Crippen LogP contribution < -0.4 is 0 Å². The molecule has 0 radical (unpaired) electrons. The first-order chi connectivity index (χ1) is 11.4. The first kappa shape index (κ1) is 18.3. The van der Waals surface area contributed by atoms with Crippen molar-refractivity contribution in [2.24, 2.45) is 0 Å². The lowest BCUT2D eigenvalue weighted by Gasteiger charge is -2.42. The van der Waals surface area contributed by atoms with Crippen molar-refractivity contribution < 1.29 is 38.7 Å². The van der Waals surface area contributed by atoms with E-state index in [1.54, 1.807) is 0 Å². The molecule has 0 bridgehead atoms. The summed E-state index contributed by atoms with van der Waals surface area (Å²) in [5.74, 6) is -4.27. The van der Waals surface area contributed by atoms with Crippen LogP contribution in [0.3, 0.4) is 0 Å². The van der Waals surface area contributed by atoms with E-state index in [9.17, 15) is 19.8 Å². The lowest BCUT2D eigenvalue weighted by Crippen LogP contribution is -2.61. The number of esters is 1. The third-order valence-corrected chi connectivity index (χ3v) is 3.85. The fourth-order valence-electron chi connectivity index (χ4n) is 2.54. The van der Waals surface area contributed by atoms with Crippen LogP contribution in [0.25, 0.3) is 0 Å². The maximum atomic E-state index is 12.0. The molecule has 132 valence electrons. The highest BCUT2D eigenvalue weighted by Gasteiger charge is 2.55. The molecule has 2 rings (SSSR count). The van der Waals surface area contributed by atoms with E-state index in [1.807, 2.05) is 30.3 Å². The Labute approximate surface area is 138 Å². The number of carboxylic acids is 1. The van der Waals surface area contributed by atoms with Gasteiger partial charge in [-0.1, -0.05) is 30.3 Å². The Morgan fingerprint density at radius 2 is 1.96 bits per heavy atom. The van der Waals surface area contributed by atoms with E-state index in [2.05, 4.69) is 4.74 Å². The predicted octanol–water partition coefficient (Wildman–Crippen LogP) is 0.322. The van der Waals surface area contributed by atoms with Crippen molar-refractivity contribution in [2.75, 3.05) is 14.2 Å². The van der Waals surface area contributed by atoms with Crippen molar-refractivity contribution >= 4 is 11.9 Å². The minimum atomic E-state index is -1.95. The maximum Gasteiger partial charge on any atom is 0.366 e. The summed E-state index contributed by atoms with van der Waals surface area (Å²) in [6.07, 6.45) is -4.33. The molecule has 0 saturated carbocycles. The quantitative estimate of drug-likeness (QED) is 0.712. The third-order valence-electron chi connectivity index (χ3n) is 3.85. The molecule has 1 aromatic rings. The fourth-order valence-corrected chi connectivity index (χ4v) is 2.54. The van der Waals surface area contributed by atoms with Gasteiger partial charge in [0.25, 0.3) is 5.79 Å². The van der Waals surface area contributed by atoms with Crippen LogP contribution >= 0.6 is 0 Å². The smallest absolute Gasteiger partial charge is 0.366 e. The van der Waals surface area contributed by atoms with Crippen LogP contribution in [-0.2, 0) is 35.1 Å². The Hall–Kier alpha value is -2.00. The number of carbonyl (C=O) groups excluding carboxylic acids is 1. The number of aliphatic hydroxyl groups is 1. The second-order valence-corrected chi connectivity index (χ2v) is 5.36. The van der Waals surface area contributed by atoms with E-state index < -0.39 is 36.0 Å². The number of hydrogen-bond donors (Lipinski definition) is 2. The summed E-state index contributed by atoms with van der Waals surface area (Å²) in [6, 6.07) is 9.15. The Kier molecular flexibility index (Phi) is 5.89. The van der Waals surface area contributed by atoms with Gasteiger partial charge in [0.1, 0.15) is 6.10 Å². The van der Waals surface area contributed by atoms with Gasteiger partial charge >= 0.3 is 11.9 Å². The first-order valence-corrected chi connectivity index (χ1v) is 7.31. The number of rotatable bonds is 6. The van der Waals surface area contributed by atoms with E-state index in [1.165, 1.54) is 7.11 Å². The molecule has 1 fully saturated rings. The largest absolute Gasteiger partial charge is 0.479 e. The highest BCUT2D eigenvalue weighted by atomic mass is 16.7. The zero-order valence-electron chi connectivity index (χ0n) is 13.4. The van der Waals surface area contributed by atoms with E-state index in [4.69, 9.17) is 14.2 Å². The highest BCUT2D eigenvalue weighted by molar-refractivity contribution is 5.80. The number of ether oxygens (including phenoxy) is 4. The van der Waals surface area contributed by atoms with Crippen LogP contribution in [0.2, 0.25) is 0 Å². The second kappa shape index (κ2) is 7.71. The number of carbonyl (C=O) groups is 2. The highest BCUT2D eigenvalue weighted by Crippen LogP contribution is 2.33. The molecule has 0 aromatic heterocycles. The molecule has 8 heteroatoms. The topological polar surface area (TPSA) is 112 Å². The average molecular weight is 340 g/mol. The molecule has 8 nitrogen and oxygen atoms in total. The van der Waals surface area contributed by atoms with Crippen molar-refractivity contribution in [3.8, 4) is 0 Å². The zero-order chi connectivity index (χ0) is 17.7. The van der Waals surface area contributed by atoms with Gasteiger partial charge in [0, 0.05) is 13.5 Å². The molecule has 0 unspecified atom stereocenters. The Bertz CT molecular complexity index is 575. The summed E-state index contributed by atoms with van der Waals surface area (Å²) in [4.78, 5) is 23.4. The summed E-state index contributed by atoms with van der Waals surface area (Å²) >= 11 is 0. The maximum absolute atomic E-state index is 12.0. The molecular formula is C16H20O8. The van der Waals surface area contributed by atoms with E-state index in [0.29, 0.717) is 0 Å². The van der Waals surface area contributed by atoms with Gasteiger partial charge < -0.3 is 29.2 Å². The van der Waals surface area contributed by atoms with Gasteiger partial charge in [0.05, 0.1) is 19.8 Å². The molecule has 24 heavy (non-hydrogen) atoms. The van der Waals surface area contributed by atoms with Crippen LogP contribution in [0, 0.1) is 0 Å². The lowest BCUT2D eigenvalue weighted by atomic mass is 9.95. The van der Waals surface area contributed by atoms with Gasteiger partial charge in [-0.15, -0.1) is 0 Å². The molecule has 1 aliphatic rings. The molecule has 1 aromatic carbocycles. The summed E-state index contributed by atoms with van der Waals surface area (Å²) in [5.41, 5.74) is 0.837. The van der Waals surface area contributed by atoms with Crippen LogP contribution in [0.15, 0.2) is 30.3 Å². The van der Waals surface area contributed by atoms with E-state index >= 15 is 0 Å². The van der Waals surface area contributed by atoms with Crippen molar-refractivity contribution in [3.63, 3.8) is 0 Å². The first-order valence-electron chi connectivity index (χ1n) is 7.31. The van der Waals surface area contributed by atoms with Crippen LogP contribution in [0.5, 0.6) is 0 Å². The van der Waals surface area contributed by atoms with Crippen molar-refractivity contribution in [1.82, 2.24) is 0 Å². The van der Waals surface area contributed by atoms with Gasteiger partial charge in [0.2, 0.25) is 0 Å². The van der Waals surface area contributed by atoms with Crippen molar-refractivity contribution in [1.29, 1.82) is 0 Å². The van der Waals surface area contributed by atoms with Gasteiger partial charge in [-0.2, -0.15) is 0 Å². The Morgan fingerprint density at radius 3 is 2.50 bits per heavy atom. The number of aliphatic hydroxyl groups excluding tert-OH is 1. The van der Waals surface area contributed by atoms with E-state index in [0.717, 1.165) is 12.7 Å². The summed E-state index contributed by atoms with van der Waals surface area (Å²) in [5, 5.41) is 19.5. The summed E-state index contributed by atoms with van der Waals surface area (Å²) in [7, 11) is 2.33. The van der Waals surface area contributed by atoms with Gasteiger partial charge in [-0.05, 0) is 5.56 Å². The normalized spacial score (nSPS) is 29.9. The Balaban J connectivity index is 2.20. The molecule has 1 saturated heterocycles. The molecule has 0 spiro atoms. The third kappa shape index (κ3) is 3.73. The van der Waals surface area contributed by atoms with Crippen molar-refractivity contribution in [2.45, 2.75) is 37.1 Å². The number of aliphatic carboxylic acids is 1. The van der Waals surface area contributed by atoms with Gasteiger partial charge in [-0.3, -0.25) is 0 Å². The SMILES string of the molecule is COC(=O)[C@@]1(OC)C[C@@H](OCc2ccccc2)[C@@H](O)[C@@H](C(=O)O)O1. The molecule has 1 heterocycles. The van der Waals surface area contributed by atoms with Crippen LogP contribution in [-0.4, -0.2) is 60.5 Å². The molecular weight excluding hydrogens is 320 g/mol. The molecule has 2 N–H and O–H groups in total.